The number of rotatable bonds is 10. The number of imidazole rings is 1. The molecule has 1 aromatic carbocycles. The molecule has 0 bridgehead atoms. The van der Waals surface area contributed by atoms with Crippen LogP contribution in [0.1, 0.15) is 70.4 Å². The Morgan fingerprint density at radius 3 is 2.57 bits per heavy atom. The smallest absolute Gasteiger partial charge is 0.323 e. The molecule has 3 fully saturated rings. The van der Waals surface area contributed by atoms with Crippen molar-refractivity contribution in [1.82, 2.24) is 19.5 Å². The van der Waals surface area contributed by atoms with Crippen molar-refractivity contribution in [1.29, 1.82) is 0 Å². The van der Waals surface area contributed by atoms with Gasteiger partial charge in [0.2, 0.25) is 11.9 Å². The topological polar surface area (TPSA) is 109 Å². The van der Waals surface area contributed by atoms with Crippen LogP contribution in [0.15, 0.2) is 30.3 Å². The van der Waals surface area contributed by atoms with Crippen LogP contribution < -0.4 is 15.1 Å². The van der Waals surface area contributed by atoms with Crippen LogP contribution in [-0.4, -0.2) is 70.0 Å². The first-order chi connectivity index (χ1) is 20.4. The van der Waals surface area contributed by atoms with Crippen LogP contribution in [0, 0.1) is 17.8 Å². The molecule has 1 aliphatic heterocycles. The minimum atomic E-state index is -0.921. The number of nitrogens with one attached hydrogen (secondary N) is 1. The molecule has 0 radical (unpaired) electrons. The van der Waals surface area contributed by atoms with E-state index >= 15 is 0 Å². The molecule has 42 heavy (non-hydrogen) atoms. The number of likely N-dealkylation sites (N-methyl/N-ethyl adjacent to an activating group) is 1. The van der Waals surface area contributed by atoms with Gasteiger partial charge in [-0.25, -0.2) is 0 Å². The third-order valence-electron chi connectivity index (χ3n) is 9.65. The molecule has 2 atom stereocenters. The van der Waals surface area contributed by atoms with Crippen LogP contribution in [0.5, 0.6) is 0 Å². The highest BCUT2D eigenvalue weighted by Gasteiger charge is 2.33. The van der Waals surface area contributed by atoms with Crippen molar-refractivity contribution in [3.8, 4) is 0 Å². The van der Waals surface area contributed by atoms with Gasteiger partial charge in [0.05, 0.1) is 19.3 Å². The summed E-state index contributed by atoms with van der Waals surface area (Å²) in [6.07, 6.45) is 8.60. The summed E-state index contributed by atoms with van der Waals surface area (Å²) in [5.74, 6) is 3.03. The highest BCUT2D eigenvalue weighted by atomic mass is 16.5. The van der Waals surface area contributed by atoms with E-state index in [1.165, 1.54) is 50.5 Å². The van der Waals surface area contributed by atoms with Gasteiger partial charge in [0.15, 0.2) is 11.5 Å². The molecular weight excluding hydrogens is 530 g/mol. The van der Waals surface area contributed by atoms with Gasteiger partial charge in [-0.05, 0) is 55.9 Å². The van der Waals surface area contributed by atoms with Crippen molar-refractivity contribution < 1.29 is 14.6 Å². The molecule has 0 unspecified atom stereocenters. The minimum absolute atomic E-state index is 0.0364. The van der Waals surface area contributed by atoms with Crippen LogP contribution in [0.2, 0.25) is 0 Å². The van der Waals surface area contributed by atoms with Crippen LogP contribution in [0.4, 0.5) is 17.7 Å². The summed E-state index contributed by atoms with van der Waals surface area (Å²) in [5.41, 5.74) is 2.73. The molecule has 2 saturated carbocycles. The first-order valence-corrected chi connectivity index (χ1v) is 15.7. The fraction of sp³-hybridized carbons (Fsp3) is 0.625. The summed E-state index contributed by atoms with van der Waals surface area (Å²) >= 11 is 0. The number of ether oxygens (including phenoxy) is 1. The Bertz CT molecular complexity index is 1370. The largest absolute Gasteiger partial charge is 0.480 e. The molecule has 10 nitrogen and oxygen atoms in total. The summed E-state index contributed by atoms with van der Waals surface area (Å²) in [6, 6.07) is 10.8. The molecule has 1 saturated heterocycles. The van der Waals surface area contributed by atoms with Crippen molar-refractivity contribution in [3.05, 3.63) is 35.9 Å². The van der Waals surface area contributed by atoms with E-state index < -0.39 is 5.97 Å². The standard InChI is InChI=1S/C32H45N7O3/c1-21-12-14-23(15-13-21)18-39-28-29(33-22(2)24-10-7-11-24)34-31(37(3)19-27(40)41)35-30(28)36-32(39)38-16-17-42-20-26(38)25-8-5-4-6-9-25/h4-6,8-9,21-24,26H,7,10-20H2,1-3H3,(H,40,41)(H,33,34,35)/t21?,22-,23?,26+/m1/s1. The maximum atomic E-state index is 11.6. The molecule has 226 valence electrons. The van der Waals surface area contributed by atoms with E-state index in [9.17, 15) is 9.90 Å². The number of benzene rings is 1. The second-order valence-electron chi connectivity index (χ2n) is 12.8. The molecule has 6 rings (SSSR count). The Balaban J connectivity index is 1.48. The van der Waals surface area contributed by atoms with Crippen LogP contribution in [-0.2, 0) is 16.1 Å². The number of carbonyl (C=O) groups is 1. The Hall–Kier alpha value is -3.40. The number of hydrogen-bond donors (Lipinski definition) is 2. The fourth-order valence-corrected chi connectivity index (χ4v) is 6.79. The third-order valence-corrected chi connectivity index (χ3v) is 9.65. The lowest BCUT2D eigenvalue weighted by Gasteiger charge is -2.37. The van der Waals surface area contributed by atoms with Gasteiger partial charge >= 0.3 is 5.97 Å². The predicted octanol–water partition coefficient (Wildman–Crippen LogP) is 5.35. The minimum Gasteiger partial charge on any atom is -0.480 e. The average molecular weight is 576 g/mol. The van der Waals surface area contributed by atoms with Crippen LogP contribution in [0.25, 0.3) is 11.2 Å². The number of anilines is 3. The van der Waals surface area contributed by atoms with Gasteiger partial charge in [0.25, 0.3) is 0 Å². The maximum absolute atomic E-state index is 11.6. The molecule has 2 aromatic heterocycles. The van der Waals surface area contributed by atoms with Gasteiger partial charge in [0, 0.05) is 26.2 Å². The Morgan fingerprint density at radius 1 is 1.12 bits per heavy atom. The van der Waals surface area contributed by atoms with E-state index in [0.29, 0.717) is 36.6 Å². The Kier molecular flexibility index (Phi) is 8.51. The number of aliphatic carboxylic acids is 1. The number of hydrogen-bond acceptors (Lipinski definition) is 8. The van der Waals surface area contributed by atoms with E-state index in [0.717, 1.165) is 36.3 Å². The molecular formula is C32H45N7O3. The molecule has 0 spiro atoms. The van der Waals surface area contributed by atoms with E-state index in [1.54, 1.807) is 11.9 Å². The van der Waals surface area contributed by atoms with Gasteiger partial charge in [0.1, 0.15) is 12.1 Å². The Morgan fingerprint density at radius 2 is 1.88 bits per heavy atom. The number of nitrogens with zero attached hydrogens (tertiary/aromatic N) is 6. The summed E-state index contributed by atoms with van der Waals surface area (Å²) in [6.45, 7) is 7.22. The SMILES string of the molecule is CC1CCC(Cn2c(N3CCOC[C@H]3c3ccccc3)nc3nc(N(C)CC(=O)O)nc(N[C@H](C)C4CCC4)c32)CC1. The van der Waals surface area contributed by atoms with E-state index in [2.05, 4.69) is 52.9 Å². The molecule has 3 aliphatic rings. The normalized spacial score (nSPS) is 23.9. The van der Waals surface area contributed by atoms with Gasteiger partial charge in [-0.2, -0.15) is 15.0 Å². The van der Waals surface area contributed by atoms with E-state index in [4.69, 9.17) is 19.7 Å². The molecule has 2 aliphatic carbocycles. The molecule has 2 N–H and O–H groups in total. The molecule has 10 heteroatoms. The second kappa shape index (κ2) is 12.5. The van der Waals surface area contributed by atoms with Crippen molar-refractivity contribution in [2.45, 2.75) is 77.4 Å². The van der Waals surface area contributed by atoms with Gasteiger partial charge < -0.3 is 29.5 Å². The lowest BCUT2D eigenvalue weighted by atomic mass is 9.80. The highest BCUT2D eigenvalue weighted by molar-refractivity contribution is 5.88. The molecule has 3 aromatic rings. The van der Waals surface area contributed by atoms with Crippen molar-refractivity contribution in [2.24, 2.45) is 17.8 Å². The summed E-state index contributed by atoms with van der Waals surface area (Å²) < 4.78 is 8.36. The fourth-order valence-electron chi connectivity index (χ4n) is 6.79. The van der Waals surface area contributed by atoms with Gasteiger partial charge in [-0.1, -0.05) is 56.5 Å². The lowest BCUT2D eigenvalue weighted by Crippen LogP contribution is -2.41. The number of fused-ring (bicyclic) bond motifs is 1. The van der Waals surface area contributed by atoms with Crippen molar-refractivity contribution in [2.75, 3.05) is 48.5 Å². The highest BCUT2D eigenvalue weighted by Crippen LogP contribution is 2.38. The number of carboxylic acid groups (broad SMARTS) is 1. The monoisotopic (exact) mass is 575 g/mol. The zero-order valence-corrected chi connectivity index (χ0v) is 25.2. The van der Waals surface area contributed by atoms with Gasteiger partial charge in [-0.3, -0.25) is 4.79 Å². The maximum Gasteiger partial charge on any atom is 0.323 e. The lowest BCUT2D eigenvalue weighted by molar-refractivity contribution is -0.135. The average Bonchev–Trinajstić information content (AvgIpc) is 3.31. The van der Waals surface area contributed by atoms with Crippen LogP contribution >= 0.6 is 0 Å². The molecule has 0 amide bonds. The van der Waals surface area contributed by atoms with Gasteiger partial charge in [-0.15, -0.1) is 0 Å². The number of morpholine rings is 1. The summed E-state index contributed by atoms with van der Waals surface area (Å²) in [5, 5.41) is 13.2. The number of aromatic nitrogens is 4. The van der Waals surface area contributed by atoms with Crippen molar-refractivity contribution >= 4 is 34.8 Å². The first kappa shape index (κ1) is 28.7. The quantitative estimate of drug-likeness (QED) is 0.331. The second-order valence-corrected chi connectivity index (χ2v) is 12.8. The zero-order chi connectivity index (χ0) is 29.2. The zero-order valence-electron chi connectivity index (χ0n) is 25.2. The Labute approximate surface area is 248 Å². The van der Waals surface area contributed by atoms with Crippen molar-refractivity contribution in [3.63, 3.8) is 0 Å². The van der Waals surface area contributed by atoms with E-state index in [1.807, 2.05) is 6.07 Å². The van der Waals surface area contributed by atoms with Crippen LogP contribution in [0.3, 0.4) is 0 Å². The van der Waals surface area contributed by atoms with E-state index in [-0.39, 0.29) is 18.6 Å². The number of carboxylic acids is 1. The molecule has 3 heterocycles. The third kappa shape index (κ3) is 6.04. The predicted molar refractivity (Wildman–Crippen MR) is 165 cm³/mol. The first-order valence-electron chi connectivity index (χ1n) is 15.7. The summed E-state index contributed by atoms with van der Waals surface area (Å²) in [4.78, 5) is 30.6. The summed E-state index contributed by atoms with van der Waals surface area (Å²) in [7, 11) is 1.73.